The van der Waals surface area contributed by atoms with Gasteiger partial charge in [0.15, 0.2) is 0 Å². The molecule has 0 amide bonds. The van der Waals surface area contributed by atoms with Crippen molar-refractivity contribution in [2.24, 2.45) is 0 Å². The van der Waals surface area contributed by atoms with Gasteiger partial charge in [0.25, 0.3) is 0 Å². The van der Waals surface area contributed by atoms with Crippen molar-refractivity contribution in [1.29, 1.82) is 0 Å². The zero-order valence-corrected chi connectivity index (χ0v) is 42.4. The van der Waals surface area contributed by atoms with Crippen molar-refractivity contribution in [2.45, 2.75) is 12.3 Å². The summed E-state index contributed by atoms with van der Waals surface area (Å²) in [6.45, 7) is 7.17. The molecule has 76 heavy (non-hydrogen) atoms. The SMILES string of the molecule is C=C(/C=C\C=C/C)C1(c2ccccc2)c2cc3cc(N(c4ccccc4)c4cccc(-c5ccccc5)c4)ccc3cc2-c2c1c1ccc(N(c3ccccc3)c3cccc(-c4ccccc4)c3)cc1c1ccccc21. The van der Waals surface area contributed by atoms with Gasteiger partial charge in [-0.15, -0.1) is 0 Å². The first kappa shape index (κ1) is 46.1. The maximum absolute atomic E-state index is 5.10. The Morgan fingerprint density at radius 3 is 1.45 bits per heavy atom. The fraction of sp³-hybridized carbons (Fsp3) is 0.0270. The van der Waals surface area contributed by atoms with Crippen LogP contribution < -0.4 is 9.80 Å². The number of para-hydroxylation sites is 2. The van der Waals surface area contributed by atoms with Gasteiger partial charge in [-0.1, -0.05) is 219 Å². The van der Waals surface area contributed by atoms with Crippen LogP contribution in [0.4, 0.5) is 34.1 Å². The quantitative estimate of drug-likeness (QED) is 0.0889. The zero-order valence-electron chi connectivity index (χ0n) is 42.4. The first-order chi connectivity index (χ1) is 37.6. The molecule has 2 nitrogen and oxygen atoms in total. The van der Waals surface area contributed by atoms with E-state index in [1.165, 1.54) is 77.0 Å². The Balaban J connectivity index is 1.07. The van der Waals surface area contributed by atoms with Gasteiger partial charge in [0.1, 0.15) is 0 Å². The molecule has 0 saturated heterocycles. The van der Waals surface area contributed by atoms with Crippen LogP contribution >= 0.6 is 0 Å². The minimum atomic E-state index is -0.774. The number of hydrogen-bond acceptors (Lipinski definition) is 2. The molecule has 0 aliphatic heterocycles. The molecule has 0 bridgehead atoms. The summed E-state index contributed by atoms with van der Waals surface area (Å²) in [5, 5.41) is 7.14. The topological polar surface area (TPSA) is 6.48 Å². The van der Waals surface area contributed by atoms with E-state index in [1.54, 1.807) is 0 Å². The Labute approximate surface area is 445 Å². The molecule has 1 unspecified atom stereocenters. The molecule has 0 aromatic heterocycles. The molecular formula is C74H54N2. The first-order valence-electron chi connectivity index (χ1n) is 26.2. The lowest BCUT2D eigenvalue weighted by Gasteiger charge is -2.35. The monoisotopic (exact) mass is 970 g/mol. The summed E-state index contributed by atoms with van der Waals surface area (Å²) in [6, 6.07) is 99.7. The maximum atomic E-state index is 5.10. The molecule has 1 aliphatic carbocycles. The van der Waals surface area contributed by atoms with Crippen molar-refractivity contribution in [3.05, 3.63) is 326 Å². The van der Waals surface area contributed by atoms with Crippen molar-refractivity contribution >= 4 is 66.4 Å². The van der Waals surface area contributed by atoms with Gasteiger partial charge in [-0.25, -0.2) is 0 Å². The van der Waals surface area contributed by atoms with Crippen molar-refractivity contribution < 1.29 is 0 Å². The van der Waals surface area contributed by atoms with E-state index in [2.05, 4.69) is 314 Å². The molecule has 2 heteroatoms. The Morgan fingerprint density at radius 2 is 0.855 bits per heavy atom. The summed E-state index contributed by atoms with van der Waals surface area (Å²) in [6.07, 6.45) is 8.56. The van der Waals surface area contributed by atoms with Crippen molar-refractivity contribution in [1.82, 2.24) is 0 Å². The molecule has 12 aromatic rings. The molecule has 13 rings (SSSR count). The summed E-state index contributed by atoms with van der Waals surface area (Å²) >= 11 is 0. The largest absolute Gasteiger partial charge is 0.310 e. The Morgan fingerprint density at radius 1 is 0.368 bits per heavy atom. The highest BCUT2D eigenvalue weighted by Crippen LogP contribution is 2.61. The predicted octanol–water partition coefficient (Wildman–Crippen LogP) is 20.4. The third kappa shape index (κ3) is 7.91. The second-order valence-corrected chi connectivity index (χ2v) is 19.7. The highest BCUT2D eigenvalue weighted by molar-refractivity contribution is 6.20. The van der Waals surface area contributed by atoms with Gasteiger partial charge in [-0.2, -0.15) is 0 Å². The van der Waals surface area contributed by atoms with Crippen LogP contribution in [-0.4, -0.2) is 0 Å². The molecule has 0 fully saturated rings. The van der Waals surface area contributed by atoms with Gasteiger partial charge in [0.05, 0.1) is 5.41 Å². The molecule has 1 atom stereocenters. The summed E-state index contributed by atoms with van der Waals surface area (Å²) < 4.78 is 0. The van der Waals surface area contributed by atoms with E-state index in [9.17, 15) is 0 Å². The van der Waals surface area contributed by atoms with E-state index in [-0.39, 0.29) is 0 Å². The van der Waals surface area contributed by atoms with Gasteiger partial charge in [-0.3, -0.25) is 0 Å². The average molecular weight is 971 g/mol. The van der Waals surface area contributed by atoms with Crippen LogP contribution in [0.3, 0.4) is 0 Å². The van der Waals surface area contributed by atoms with Gasteiger partial charge in [-0.05, 0) is 180 Å². The number of allylic oxidation sites excluding steroid dienone is 5. The second kappa shape index (κ2) is 19.6. The molecule has 0 spiro atoms. The van der Waals surface area contributed by atoms with E-state index in [4.69, 9.17) is 6.58 Å². The molecule has 12 aromatic carbocycles. The van der Waals surface area contributed by atoms with Crippen LogP contribution in [0.1, 0.15) is 23.6 Å². The number of fused-ring (bicyclic) bond motifs is 9. The number of rotatable bonds is 12. The number of hydrogen-bond donors (Lipinski definition) is 0. The maximum Gasteiger partial charge on any atom is 0.0714 e. The number of benzene rings is 12. The summed E-state index contributed by atoms with van der Waals surface area (Å²) in [5.74, 6) is 0. The predicted molar refractivity (Wildman–Crippen MR) is 324 cm³/mol. The summed E-state index contributed by atoms with van der Waals surface area (Å²) in [7, 11) is 0. The average Bonchev–Trinajstić information content (AvgIpc) is 4.02. The van der Waals surface area contributed by atoms with Crippen molar-refractivity contribution in [3.8, 4) is 33.4 Å². The third-order valence-electron chi connectivity index (χ3n) is 15.3. The van der Waals surface area contributed by atoms with Gasteiger partial charge >= 0.3 is 0 Å². The van der Waals surface area contributed by atoms with Gasteiger partial charge in [0.2, 0.25) is 0 Å². The molecule has 1 aliphatic rings. The van der Waals surface area contributed by atoms with Crippen LogP contribution in [0.2, 0.25) is 0 Å². The molecular weight excluding hydrogens is 917 g/mol. The lowest BCUT2D eigenvalue weighted by atomic mass is 9.66. The Bertz CT molecular complexity index is 4180. The highest BCUT2D eigenvalue weighted by atomic mass is 15.1. The second-order valence-electron chi connectivity index (χ2n) is 19.7. The Hall–Kier alpha value is -9.76. The van der Waals surface area contributed by atoms with Crippen molar-refractivity contribution in [3.63, 3.8) is 0 Å². The Kier molecular flexibility index (Phi) is 11.9. The minimum absolute atomic E-state index is 0.774. The summed E-state index contributed by atoms with van der Waals surface area (Å²) in [4.78, 5) is 4.78. The van der Waals surface area contributed by atoms with E-state index in [1.807, 2.05) is 0 Å². The van der Waals surface area contributed by atoms with Gasteiger partial charge < -0.3 is 9.80 Å². The van der Waals surface area contributed by atoms with Crippen LogP contribution in [0, 0.1) is 0 Å². The van der Waals surface area contributed by atoms with E-state index >= 15 is 0 Å². The van der Waals surface area contributed by atoms with Crippen LogP contribution in [0.15, 0.2) is 309 Å². The molecule has 360 valence electrons. The van der Waals surface area contributed by atoms with Crippen LogP contribution in [0.5, 0.6) is 0 Å². The van der Waals surface area contributed by atoms with E-state index < -0.39 is 5.41 Å². The molecule has 0 heterocycles. The molecule has 0 radical (unpaired) electrons. The minimum Gasteiger partial charge on any atom is -0.310 e. The van der Waals surface area contributed by atoms with E-state index in [0.717, 1.165) is 45.1 Å². The van der Waals surface area contributed by atoms with E-state index in [0.29, 0.717) is 0 Å². The van der Waals surface area contributed by atoms with Crippen LogP contribution in [0.25, 0.3) is 65.7 Å². The molecule has 0 saturated carbocycles. The summed E-state index contributed by atoms with van der Waals surface area (Å²) in [5.41, 5.74) is 17.6. The smallest absolute Gasteiger partial charge is 0.0714 e. The lowest BCUT2D eigenvalue weighted by molar-refractivity contribution is 0.779. The highest BCUT2D eigenvalue weighted by Gasteiger charge is 2.48. The van der Waals surface area contributed by atoms with Crippen molar-refractivity contribution in [2.75, 3.05) is 9.80 Å². The number of anilines is 6. The normalized spacial score (nSPS) is 13.9. The first-order valence-corrected chi connectivity index (χ1v) is 26.2. The fourth-order valence-electron chi connectivity index (χ4n) is 11.9. The standard InChI is InChI=1S/C74H54N2/c1-3-4-10-25-52(2)74(59-32-15-7-16-33-59)71-50-58-48-64(75(60-34-17-8-18-35-60)62-38-23-30-55(46-62)53-26-11-5-12-27-53)43-42-57(58)49-70(71)72-67-41-22-21-40-66(67)69-51-65(44-45-68(69)73(72)74)76(61-36-19-9-20-37-61)63-39-24-31-56(47-63)54-28-13-6-14-29-54/h3-51H,2H2,1H3/b4-3-,25-10-. The molecule has 0 N–H and O–H groups in total. The number of nitrogens with zero attached hydrogens (tertiary/aromatic N) is 2. The zero-order chi connectivity index (χ0) is 51.0. The fourth-order valence-corrected chi connectivity index (χ4v) is 11.9. The third-order valence-corrected chi connectivity index (χ3v) is 15.3. The lowest BCUT2D eigenvalue weighted by Crippen LogP contribution is -2.29. The van der Waals surface area contributed by atoms with Gasteiger partial charge in [0, 0.05) is 34.1 Å². The van der Waals surface area contributed by atoms with Crippen LogP contribution in [-0.2, 0) is 5.41 Å².